The predicted octanol–water partition coefficient (Wildman–Crippen LogP) is 10.6. The van der Waals surface area contributed by atoms with Crippen molar-refractivity contribution in [2.75, 3.05) is 0 Å². The van der Waals surface area contributed by atoms with Gasteiger partial charge in [-0.1, -0.05) is 127 Å². The first kappa shape index (κ1) is 24.2. The molecule has 0 saturated carbocycles. The number of nitrogens with zero attached hydrogens (tertiary/aromatic N) is 2. The number of hydrogen-bond acceptors (Lipinski definition) is 2. The van der Waals surface area contributed by atoms with E-state index < -0.39 is 0 Å². The maximum atomic E-state index is 5.29. The molecule has 0 radical (unpaired) electrons. The summed E-state index contributed by atoms with van der Waals surface area (Å²) < 4.78 is 0. The Kier molecular flexibility index (Phi) is 5.82. The molecule has 0 N–H and O–H groups in total. The molecule has 0 bridgehead atoms. The summed E-state index contributed by atoms with van der Waals surface area (Å²) in [7, 11) is 0. The van der Waals surface area contributed by atoms with Gasteiger partial charge >= 0.3 is 0 Å². The molecule has 8 rings (SSSR count). The number of fused-ring (bicyclic) bond motifs is 3. The summed E-state index contributed by atoms with van der Waals surface area (Å²) in [6.07, 6.45) is 1.85. The van der Waals surface area contributed by atoms with Crippen molar-refractivity contribution in [1.82, 2.24) is 9.97 Å². The number of aromatic nitrogens is 2. The lowest BCUT2D eigenvalue weighted by Gasteiger charge is -2.14. The SMILES string of the molecule is c1ccc2c(-c3cc(-c4ccc(-c5cccc6ncccc56)cc4)cc(-c4cccc5ccccc45)n3)cccc2c1. The lowest BCUT2D eigenvalue weighted by Crippen LogP contribution is -1.93. The van der Waals surface area contributed by atoms with Crippen LogP contribution in [0.1, 0.15) is 0 Å². The Morgan fingerprint density at radius 1 is 0.357 bits per heavy atom. The second kappa shape index (κ2) is 10.1. The molecule has 2 heterocycles. The Morgan fingerprint density at radius 3 is 1.55 bits per heavy atom. The van der Waals surface area contributed by atoms with E-state index in [4.69, 9.17) is 4.98 Å². The number of pyridine rings is 2. The molecule has 2 aromatic heterocycles. The highest BCUT2D eigenvalue weighted by molar-refractivity contribution is 6.00. The van der Waals surface area contributed by atoms with Crippen molar-refractivity contribution in [1.29, 1.82) is 0 Å². The molecular weight excluding hydrogens is 508 g/mol. The minimum atomic E-state index is 0.969. The first-order valence-corrected chi connectivity index (χ1v) is 14.2. The Labute approximate surface area is 244 Å². The van der Waals surface area contributed by atoms with Gasteiger partial charge in [-0.15, -0.1) is 0 Å². The van der Waals surface area contributed by atoms with Crippen molar-refractivity contribution < 1.29 is 0 Å². The van der Waals surface area contributed by atoms with Gasteiger partial charge in [0.15, 0.2) is 0 Å². The van der Waals surface area contributed by atoms with Gasteiger partial charge in [0, 0.05) is 22.7 Å². The largest absolute Gasteiger partial charge is 0.256 e. The molecule has 42 heavy (non-hydrogen) atoms. The fourth-order valence-corrected chi connectivity index (χ4v) is 6.07. The van der Waals surface area contributed by atoms with Crippen LogP contribution in [0, 0.1) is 0 Å². The third-order valence-electron chi connectivity index (χ3n) is 8.13. The highest BCUT2D eigenvalue weighted by atomic mass is 14.7. The molecule has 0 aliphatic heterocycles. The molecule has 0 saturated heterocycles. The van der Waals surface area contributed by atoms with Crippen LogP contribution in [0.3, 0.4) is 0 Å². The smallest absolute Gasteiger partial charge is 0.0721 e. The second-order valence-corrected chi connectivity index (χ2v) is 10.6. The molecule has 0 spiro atoms. The quantitative estimate of drug-likeness (QED) is 0.224. The molecule has 0 fully saturated rings. The lowest BCUT2D eigenvalue weighted by molar-refractivity contribution is 1.33. The highest BCUT2D eigenvalue weighted by Gasteiger charge is 2.13. The standard InChI is InChI=1S/C40H26N2/c1-3-13-32-28(9-1)11-5-16-36(32)39-25-31(26-40(42-39)37-17-6-12-29-10-2-4-14-33(29)37)27-20-22-30(23-21-27)34-15-7-19-38-35(34)18-8-24-41-38/h1-26H. The molecule has 0 amide bonds. The molecule has 0 aliphatic carbocycles. The van der Waals surface area contributed by atoms with E-state index in [1.807, 2.05) is 12.3 Å². The monoisotopic (exact) mass is 534 g/mol. The van der Waals surface area contributed by atoms with Crippen LogP contribution in [0.15, 0.2) is 158 Å². The highest BCUT2D eigenvalue weighted by Crippen LogP contribution is 2.36. The molecule has 0 aliphatic rings. The minimum absolute atomic E-state index is 0.969. The van der Waals surface area contributed by atoms with Crippen molar-refractivity contribution in [2.45, 2.75) is 0 Å². The number of benzene rings is 6. The van der Waals surface area contributed by atoms with Crippen molar-refractivity contribution in [2.24, 2.45) is 0 Å². The molecule has 0 atom stereocenters. The Hall–Kier alpha value is -5.60. The maximum absolute atomic E-state index is 5.29. The Balaban J connectivity index is 1.31. The van der Waals surface area contributed by atoms with E-state index in [2.05, 4.69) is 151 Å². The maximum Gasteiger partial charge on any atom is 0.0721 e. The zero-order valence-corrected chi connectivity index (χ0v) is 22.9. The average molecular weight is 535 g/mol. The van der Waals surface area contributed by atoms with E-state index >= 15 is 0 Å². The van der Waals surface area contributed by atoms with Gasteiger partial charge in [-0.25, -0.2) is 4.98 Å². The van der Waals surface area contributed by atoms with E-state index in [0.29, 0.717) is 0 Å². The minimum Gasteiger partial charge on any atom is -0.256 e. The van der Waals surface area contributed by atoms with Crippen molar-refractivity contribution in [3.63, 3.8) is 0 Å². The molecular formula is C40H26N2. The van der Waals surface area contributed by atoms with Crippen molar-refractivity contribution in [3.8, 4) is 44.8 Å². The summed E-state index contributed by atoms with van der Waals surface area (Å²) in [6, 6.07) is 53.8. The van der Waals surface area contributed by atoms with E-state index in [1.165, 1.54) is 32.7 Å². The van der Waals surface area contributed by atoms with Crippen LogP contribution in [0.5, 0.6) is 0 Å². The molecule has 0 unspecified atom stereocenters. The molecule has 2 nitrogen and oxygen atoms in total. The summed E-state index contributed by atoms with van der Waals surface area (Å²) >= 11 is 0. The topological polar surface area (TPSA) is 25.8 Å². The predicted molar refractivity (Wildman–Crippen MR) is 176 cm³/mol. The molecule has 6 aromatic carbocycles. The first-order valence-electron chi connectivity index (χ1n) is 14.2. The number of hydrogen-bond donors (Lipinski definition) is 0. The van der Waals surface area contributed by atoms with Crippen LogP contribution < -0.4 is 0 Å². The van der Waals surface area contributed by atoms with Crippen LogP contribution in [-0.2, 0) is 0 Å². The van der Waals surface area contributed by atoms with Crippen molar-refractivity contribution in [3.05, 3.63) is 158 Å². The van der Waals surface area contributed by atoms with Gasteiger partial charge in [0.2, 0.25) is 0 Å². The van der Waals surface area contributed by atoms with Gasteiger partial charge < -0.3 is 0 Å². The normalized spacial score (nSPS) is 11.3. The van der Waals surface area contributed by atoms with E-state index in [-0.39, 0.29) is 0 Å². The van der Waals surface area contributed by atoms with Crippen molar-refractivity contribution >= 4 is 32.4 Å². The van der Waals surface area contributed by atoms with Crippen LogP contribution in [0.2, 0.25) is 0 Å². The third kappa shape index (κ3) is 4.22. The van der Waals surface area contributed by atoms with E-state index in [9.17, 15) is 0 Å². The van der Waals surface area contributed by atoms with Crippen LogP contribution >= 0.6 is 0 Å². The van der Waals surface area contributed by atoms with Gasteiger partial charge in [0.1, 0.15) is 0 Å². The average Bonchev–Trinajstić information content (AvgIpc) is 3.07. The second-order valence-electron chi connectivity index (χ2n) is 10.6. The summed E-state index contributed by atoms with van der Waals surface area (Å²) in [6.45, 7) is 0. The molecule has 8 aromatic rings. The van der Waals surface area contributed by atoms with Gasteiger partial charge in [-0.3, -0.25) is 4.98 Å². The zero-order valence-electron chi connectivity index (χ0n) is 22.9. The lowest BCUT2D eigenvalue weighted by atomic mass is 9.94. The van der Waals surface area contributed by atoms with Crippen LogP contribution in [0.4, 0.5) is 0 Å². The van der Waals surface area contributed by atoms with Crippen LogP contribution in [-0.4, -0.2) is 9.97 Å². The summed E-state index contributed by atoms with van der Waals surface area (Å²) in [4.78, 5) is 9.84. The summed E-state index contributed by atoms with van der Waals surface area (Å²) in [5.74, 6) is 0. The Morgan fingerprint density at radius 2 is 0.881 bits per heavy atom. The Bertz CT molecular complexity index is 2130. The molecule has 2 heteroatoms. The van der Waals surface area contributed by atoms with Gasteiger partial charge in [0.05, 0.1) is 16.9 Å². The van der Waals surface area contributed by atoms with E-state index in [0.717, 1.165) is 44.5 Å². The molecule has 196 valence electrons. The van der Waals surface area contributed by atoms with Gasteiger partial charge in [-0.05, 0) is 68.1 Å². The zero-order chi connectivity index (χ0) is 27.9. The van der Waals surface area contributed by atoms with Gasteiger partial charge in [-0.2, -0.15) is 0 Å². The fourth-order valence-electron chi connectivity index (χ4n) is 6.07. The number of rotatable bonds is 4. The first-order chi connectivity index (χ1) is 20.8. The third-order valence-corrected chi connectivity index (χ3v) is 8.13. The fraction of sp³-hybridized carbons (Fsp3) is 0. The summed E-state index contributed by atoms with van der Waals surface area (Å²) in [5.41, 5.74) is 9.88. The van der Waals surface area contributed by atoms with Crippen LogP contribution in [0.25, 0.3) is 77.2 Å². The summed E-state index contributed by atoms with van der Waals surface area (Å²) in [5, 5.41) is 5.99. The van der Waals surface area contributed by atoms with E-state index in [1.54, 1.807) is 0 Å². The van der Waals surface area contributed by atoms with Gasteiger partial charge in [0.25, 0.3) is 0 Å².